The van der Waals surface area contributed by atoms with Gasteiger partial charge in [0.15, 0.2) is 5.65 Å². The van der Waals surface area contributed by atoms with Crippen LogP contribution in [-0.4, -0.2) is 65.3 Å². The SMILES string of the molecule is [B]c1cnn2c(NCC3CCN(CCCF)CC3)cc(-c3ccccc3O)nc12. The molecule has 1 aliphatic heterocycles. The smallest absolute Gasteiger partial charge is 0.150 e. The van der Waals surface area contributed by atoms with E-state index in [1.807, 2.05) is 18.2 Å². The van der Waals surface area contributed by atoms with Crippen molar-refractivity contribution in [1.29, 1.82) is 0 Å². The molecule has 1 saturated heterocycles. The molecule has 8 heteroatoms. The molecule has 0 saturated carbocycles. The Balaban J connectivity index is 1.51. The van der Waals surface area contributed by atoms with Crippen molar-refractivity contribution in [3.05, 3.63) is 36.5 Å². The Labute approximate surface area is 171 Å². The highest BCUT2D eigenvalue weighted by Gasteiger charge is 2.19. The molecular weight excluding hydrogens is 368 g/mol. The van der Waals surface area contributed by atoms with Crippen LogP contribution >= 0.6 is 0 Å². The molecule has 0 spiro atoms. The van der Waals surface area contributed by atoms with Gasteiger partial charge < -0.3 is 15.3 Å². The largest absolute Gasteiger partial charge is 0.507 e. The molecular formula is C21H25BFN5O. The minimum absolute atomic E-state index is 0.175. The van der Waals surface area contributed by atoms with Crippen LogP contribution in [0.4, 0.5) is 10.2 Å². The zero-order valence-electron chi connectivity index (χ0n) is 16.4. The molecule has 2 aromatic heterocycles. The van der Waals surface area contributed by atoms with Crippen LogP contribution < -0.4 is 10.8 Å². The fourth-order valence-corrected chi connectivity index (χ4v) is 3.88. The van der Waals surface area contributed by atoms with Gasteiger partial charge in [-0.3, -0.25) is 4.39 Å². The third-order valence-corrected chi connectivity index (χ3v) is 5.57. The summed E-state index contributed by atoms with van der Waals surface area (Å²) < 4.78 is 14.1. The summed E-state index contributed by atoms with van der Waals surface area (Å²) in [6.45, 7) is 3.44. The van der Waals surface area contributed by atoms with Crippen molar-refractivity contribution in [3.63, 3.8) is 0 Å². The molecule has 3 aromatic rings. The number of piperidine rings is 1. The molecule has 0 unspecified atom stereocenters. The van der Waals surface area contributed by atoms with E-state index in [2.05, 4.69) is 20.3 Å². The summed E-state index contributed by atoms with van der Waals surface area (Å²) >= 11 is 0. The van der Waals surface area contributed by atoms with Crippen molar-refractivity contribution in [3.8, 4) is 17.0 Å². The number of hydrogen-bond acceptors (Lipinski definition) is 5. The quantitative estimate of drug-likeness (QED) is 0.604. The second-order valence-corrected chi connectivity index (χ2v) is 7.59. The van der Waals surface area contributed by atoms with E-state index in [-0.39, 0.29) is 12.4 Å². The Bertz CT molecular complexity index is 971. The topological polar surface area (TPSA) is 65.7 Å². The highest BCUT2D eigenvalue weighted by atomic mass is 19.1. The third kappa shape index (κ3) is 4.37. The van der Waals surface area contributed by atoms with E-state index >= 15 is 0 Å². The number of aromatic nitrogens is 3. The Morgan fingerprint density at radius 3 is 2.79 bits per heavy atom. The van der Waals surface area contributed by atoms with Crippen LogP contribution in [0.5, 0.6) is 5.75 Å². The Kier molecular flexibility index (Phi) is 5.99. The van der Waals surface area contributed by atoms with Crippen molar-refractivity contribution in [2.45, 2.75) is 19.3 Å². The number of aromatic hydroxyl groups is 1. The summed E-state index contributed by atoms with van der Waals surface area (Å²) in [7, 11) is 6.06. The predicted molar refractivity (Wildman–Crippen MR) is 114 cm³/mol. The summed E-state index contributed by atoms with van der Waals surface area (Å²) in [6.07, 6.45) is 4.38. The van der Waals surface area contributed by atoms with Crippen LogP contribution in [0, 0.1) is 5.92 Å². The fourth-order valence-electron chi connectivity index (χ4n) is 3.88. The number of alkyl halides is 1. The van der Waals surface area contributed by atoms with Gasteiger partial charge in [0.05, 0.1) is 12.4 Å². The molecule has 3 heterocycles. The number of hydrogen-bond donors (Lipinski definition) is 2. The molecule has 0 amide bonds. The maximum atomic E-state index is 12.4. The predicted octanol–water partition coefficient (Wildman–Crippen LogP) is 2.38. The molecule has 0 aliphatic carbocycles. The van der Waals surface area contributed by atoms with E-state index in [0.717, 1.165) is 44.8 Å². The van der Waals surface area contributed by atoms with Crippen molar-refractivity contribution in [2.75, 3.05) is 38.2 Å². The maximum Gasteiger partial charge on any atom is 0.150 e. The number of benzene rings is 1. The molecule has 0 atom stereocenters. The average Bonchev–Trinajstić information content (AvgIpc) is 3.12. The third-order valence-electron chi connectivity index (χ3n) is 5.57. The summed E-state index contributed by atoms with van der Waals surface area (Å²) in [5.41, 5.74) is 2.35. The number of phenolic OH excluding ortho intramolecular Hbond substituents is 1. The van der Waals surface area contributed by atoms with Crippen LogP contribution in [0.3, 0.4) is 0 Å². The monoisotopic (exact) mass is 393 g/mol. The van der Waals surface area contributed by atoms with Gasteiger partial charge in [-0.25, -0.2) is 4.98 Å². The molecule has 1 aromatic carbocycles. The summed E-state index contributed by atoms with van der Waals surface area (Å²) in [6, 6.07) is 9.02. The molecule has 2 N–H and O–H groups in total. The lowest BCUT2D eigenvalue weighted by Crippen LogP contribution is -2.36. The normalized spacial score (nSPS) is 15.8. The first kappa shape index (κ1) is 19.7. The first-order valence-electron chi connectivity index (χ1n) is 10.1. The van der Waals surface area contributed by atoms with Gasteiger partial charge >= 0.3 is 0 Å². The maximum absolute atomic E-state index is 12.4. The molecule has 0 bridgehead atoms. The van der Waals surface area contributed by atoms with E-state index in [9.17, 15) is 9.50 Å². The van der Waals surface area contributed by atoms with Gasteiger partial charge in [0.1, 0.15) is 19.4 Å². The van der Waals surface area contributed by atoms with Gasteiger partial charge in [-0.1, -0.05) is 12.1 Å². The van der Waals surface area contributed by atoms with Gasteiger partial charge in [-0.2, -0.15) is 9.61 Å². The highest BCUT2D eigenvalue weighted by Crippen LogP contribution is 2.29. The summed E-state index contributed by atoms with van der Waals surface area (Å²) in [5.74, 6) is 1.51. The summed E-state index contributed by atoms with van der Waals surface area (Å²) in [4.78, 5) is 6.94. The van der Waals surface area contributed by atoms with E-state index in [4.69, 9.17) is 7.85 Å². The van der Waals surface area contributed by atoms with Crippen LogP contribution in [0.1, 0.15) is 19.3 Å². The number of anilines is 1. The fraction of sp³-hybridized carbons (Fsp3) is 0.429. The Hall–Kier alpha value is -2.61. The number of rotatable bonds is 7. The lowest BCUT2D eigenvalue weighted by atomic mass is 9.96. The second-order valence-electron chi connectivity index (χ2n) is 7.59. The number of nitrogens with zero attached hydrogens (tertiary/aromatic N) is 4. The number of phenols is 1. The van der Waals surface area contributed by atoms with Crippen molar-refractivity contribution >= 4 is 24.8 Å². The minimum Gasteiger partial charge on any atom is -0.507 e. The van der Waals surface area contributed by atoms with Gasteiger partial charge in [0, 0.05) is 30.9 Å². The van der Waals surface area contributed by atoms with E-state index in [0.29, 0.717) is 34.7 Å². The number of halogens is 1. The van der Waals surface area contributed by atoms with Gasteiger partial charge in [0.25, 0.3) is 0 Å². The Morgan fingerprint density at radius 2 is 2.03 bits per heavy atom. The van der Waals surface area contributed by atoms with E-state index < -0.39 is 0 Å². The molecule has 4 rings (SSSR count). The first-order chi connectivity index (χ1) is 14.2. The molecule has 1 fully saturated rings. The van der Waals surface area contributed by atoms with Gasteiger partial charge in [-0.15, -0.1) is 0 Å². The van der Waals surface area contributed by atoms with Crippen LogP contribution in [0.15, 0.2) is 36.5 Å². The molecule has 2 radical (unpaired) electrons. The first-order valence-corrected chi connectivity index (χ1v) is 10.1. The number of nitrogens with one attached hydrogen (secondary N) is 1. The van der Waals surface area contributed by atoms with Gasteiger partial charge in [-0.05, 0) is 55.9 Å². The van der Waals surface area contributed by atoms with Crippen molar-refractivity contribution in [2.24, 2.45) is 5.92 Å². The van der Waals surface area contributed by atoms with Crippen LogP contribution in [0.25, 0.3) is 16.9 Å². The van der Waals surface area contributed by atoms with Crippen LogP contribution in [-0.2, 0) is 0 Å². The lowest BCUT2D eigenvalue weighted by molar-refractivity contribution is 0.183. The standard InChI is InChI=1S/C21H25BFN5O/c22-17-14-25-28-20(24-13-15-6-10-27(11-7-15)9-3-8-23)12-18(26-21(17)28)16-4-1-2-5-19(16)29/h1-2,4-5,12,14-15,24,29H,3,6-11,13H2. The minimum atomic E-state index is -0.244. The lowest BCUT2D eigenvalue weighted by Gasteiger charge is -2.32. The van der Waals surface area contributed by atoms with Crippen molar-refractivity contribution < 1.29 is 9.50 Å². The van der Waals surface area contributed by atoms with Crippen LogP contribution in [0.2, 0.25) is 0 Å². The molecule has 150 valence electrons. The average molecular weight is 393 g/mol. The second kappa shape index (κ2) is 8.82. The number of likely N-dealkylation sites (tertiary alicyclic amines) is 1. The summed E-state index contributed by atoms with van der Waals surface area (Å²) in [5, 5.41) is 18.1. The highest BCUT2D eigenvalue weighted by molar-refractivity contribution is 6.36. The van der Waals surface area contributed by atoms with Gasteiger partial charge in [0.2, 0.25) is 0 Å². The van der Waals surface area contributed by atoms with Crippen molar-refractivity contribution in [1.82, 2.24) is 19.5 Å². The molecule has 6 nitrogen and oxygen atoms in total. The number of fused-ring (bicyclic) bond motifs is 1. The Morgan fingerprint density at radius 1 is 1.24 bits per heavy atom. The number of para-hydroxylation sites is 1. The molecule has 29 heavy (non-hydrogen) atoms. The zero-order chi connectivity index (χ0) is 20.2. The van der Waals surface area contributed by atoms with E-state index in [1.54, 1.807) is 22.8 Å². The molecule has 1 aliphatic rings. The zero-order valence-corrected chi connectivity index (χ0v) is 16.4. The van der Waals surface area contributed by atoms with E-state index in [1.165, 1.54) is 0 Å².